The van der Waals surface area contributed by atoms with E-state index in [1.807, 2.05) is 60.6 Å². The van der Waals surface area contributed by atoms with Crippen LogP contribution in [0.4, 0.5) is 11.4 Å². The molecule has 33 heavy (non-hydrogen) atoms. The number of fused-ring (bicyclic) bond motifs is 1. The molecule has 1 N–H and O–H groups in total. The minimum absolute atomic E-state index is 0.602. The number of nitrogens with zero attached hydrogens (tertiary/aromatic N) is 3. The molecule has 1 saturated heterocycles. The highest BCUT2D eigenvalue weighted by atomic mass is 35.5. The maximum atomic E-state index is 6.63. The Hall–Kier alpha value is -2.12. The third-order valence-corrected chi connectivity index (χ3v) is 8.28. The molecule has 8 heteroatoms. The second kappa shape index (κ2) is 10.4. The molecule has 0 amide bonds. The lowest BCUT2D eigenvalue weighted by molar-refractivity contribution is 0.751. The summed E-state index contributed by atoms with van der Waals surface area (Å²) in [6, 6.07) is 20.0. The van der Waals surface area contributed by atoms with Gasteiger partial charge < -0.3 is 9.03 Å². The molecule has 4 aromatic rings. The first-order valence-electron chi connectivity index (χ1n) is 10.8. The van der Waals surface area contributed by atoms with Crippen molar-refractivity contribution in [1.29, 1.82) is 0 Å². The molecule has 0 aliphatic carbocycles. The fourth-order valence-corrected chi connectivity index (χ4v) is 5.90. The van der Waals surface area contributed by atoms with E-state index in [0.29, 0.717) is 10.8 Å². The predicted molar refractivity (Wildman–Crippen MR) is 145 cm³/mol. The molecular formula is C25H22Cl2N4S2. The molecular weight excluding hydrogens is 491 g/mol. The standard InChI is InChI=1S/C25H22Cl2N4S2/c26-21-10-8-18(14-20(21)25-28-16-17-6-2-3-7-23(17)29-25)30-33-24-11-9-19(15-22(24)27)31-12-4-1-5-13-32-31/h2-3,6-11,14-16,30H,1,4-5,12-13H2. The third-order valence-electron chi connectivity index (χ3n) is 5.43. The van der Waals surface area contributed by atoms with Gasteiger partial charge in [0.05, 0.1) is 15.6 Å². The van der Waals surface area contributed by atoms with Gasteiger partial charge in [0.15, 0.2) is 5.82 Å². The van der Waals surface area contributed by atoms with Crippen LogP contribution in [0.1, 0.15) is 19.3 Å². The maximum absolute atomic E-state index is 6.63. The van der Waals surface area contributed by atoms with E-state index in [0.717, 1.165) is 44.4 Å². The van der Waals surface area contributed by atoms with Gasteiger partial charge in [-0.3, -0.25) is 0 Å². The summed E-state index contributed by atoms with van der Waals surface area (Å²) in [6.45, 7) is 1.07. The summed E-state index contributed by atoms with van der Waals surface area (Å²) in [6.07, 6.45) is 5.62. The lowest BCUT2D eigenvalue weighted by Crippen LogP contribution is -2.14. The van der Waals surface area contributed by atoms with Crippen LogP contribution in [0.3, 0.4) is 0 Å². The molecule has 3 aromatic carbocycles. The number of para-hydroxylation sites is 1. The molecule has 0 radical (unpaired) electrons. The Kier molecular flexibility index (Phi) is 7.16. The van der Waals surface area contributed by atoms with E-state index in [4.69, 9.17) is 23.2 Å². The summed E-state index contributed by atoms with van der Waals surface area (Å²) in [5, 5.41) is 2.35. The van der Waals surface area contributed by atoms with Gasteiger partial charge in [-0.2, -0.15) is 0 Å². The van der Waals surface area contributed by atoms with Crippen molar-refractivity contribution >= 4 is 69.4 Å². The van der Waals surface area contributed by atoms with Gasteiger partial charge in [0.25, 0.3) is 0 Å². The number of hydrogen-bond acceptors (Lipinski definition) is 6. The Balaban J connectivity index is 1.32. The molecule has 0 spiro atoms. The van der Waals surface area contributed by atoms with E-state index < -0.39 is 0 Å². The van der Waals surface area contributed by atoms with Crippen LogP contribution in [0, 0.1) is 0 Å². The monoisotopic (exact) mass is 512 g/mol. The number of rotatable bonds is 5. The van der Waals surface area contributed by atoms with E-state index in [9.17, 15) is 0 Å². The highest BCUT2D eigenvalue weighted by Gasteiger charge is 2.14. The Bertz CT molecular complexity index is 1280. The van der Waals surface area contributed by atoms with E-state index >= 15 is 0 Å². The fraction of sp³-hybridized carbons (Fsp3) is 0.200. The molecule has 2 heterocycles. The topological polar surface area (TPSA) is 41.0 Å². The van der Waals surface area contributed by atoms with Crippen LogP contribution in [-0.2, 0) is 0 Å². The molecule has 0 bridgehead atoms. The molecule has 0 saturated carbocycles. The number of aromatic nitrogens is 2. The van der Waals surface area contributed by atoms with E-state index in [2.05, 4.69) is 37.2 Å². The summed E-state index contributed by atoms with van der Waals surface area (Å²) in [4.78, 5) is 10.2. The van der Waals surface area contributed by atoms with Crippen LogP contribution >= 0.6 is 47.1 Å². The van der Waals surface area contributed by atoms with Gasteiger partial charge in [-0.05, 0) is 79.2 Å². The molecule has 4 nitrogen and oxygen atoms in total. The summed E-state index contributed by atoms with van der Waals surface area (Å²) < 4.78 is 5.74. The first-order valence-corrected chi connectivity index (χ1v) is 13.3. The molecule has 0 atom stereocenters. The highest BCUT2D eigenvalue weighted by molar-refractivity contribution is 8.01. The first-order chi connectivity index (χ1) is 16.2. The van der Waals surface area contributed by atoms with Crippen molar-refractivity contribution in [2.75, 3.05) is 21.3 Å². The minimum Gasteiger partial charge on any atom is -0.326 e. The number of hydrogen-bond donors (Lipinski definition) is 1. The summed E-state index contributed by atoms with van der Waals surface area (Å²) >= 11 is 16.5. The van der Waals surface area contributed by atoms with Crippen LogP contribution in [0.5, 0.6) is 0 Å². The number of benzene rings is 3. The molecule has 1 aliphatic heterocycles. The van der Waals surface area contributed by atoms with E-state index in [-0.39, 0.29) is 0 Å². The fourth-order valence-electron chi connectivity index (χ4n) is 3.68. The van der Waals surface area contributed by atoms with Gasteiger partial charge >= 0.3 is 0 Å². The Morgan fingerprint density at radius 1 is 0.939 bits per heavy atom. The zero-order valence-electron chi connectivity index (χ0n) is 17.8. The van der Waals surface area contributed by atoms with Crippen molar-refractivity contribution in [3.8, 4) is 11.4 Å². The van der Waals surface area contributed by atoms with E-state index in [1.165, 1.54) is 36.9 Å². The van der Waals surface area contributed by atoms with Crippen molar-refractivity contribution < 1.29 is 0 Å². The summed E-state index contributed by atoms with van der Waals surface area (Å²) in [5.74, 6) is 1.76. The molecule has 0 unspecified atom stereocenters. The van der Waals surface area contributed by atoms with Crippen LogP contribution in [-0.4, -0.2) is 22.3 Å². The zero-order chi connectivity index (χ0) is 22.6. The Morgan fingerprint density at radius 2 is 1.85 bits per heavy atom. The van der Waals surface area contributed by atoms with Crippen molar-refractivity contribution in [2.24, 2.45) is 0 Å². The lowest BCUT2D eigenvalue weighted by atomic mass is 10.1. The average Bonchev–Trinajstić information content (AvgIpc) is 3.13. The minimum atomic E-state index is 0.602. The lowest BCUT2D eigenvalue weighted by Gasteiger charge is -2.21. The van der Waals surface area contributed by atoms with Gasteiger partial charge in [0.1, 0.15) is 0 Å². The van der Waals surface area contributed by atoms with Crippen molar-refractivity contribution in [3.63, 3.8) is 0 Å². The number of anilines is 2. The zero-order valence-corrected chi connectivity index (χ0v) is 20.9. The first kappa shape index (κ1) is 22.7. The van der Waals surface area contributed by atoms with Crippen molar-refractivity contribution in [3.05, 3.63) is 76.9 Å². The number of halogens is 2. The van der Waals surface area contributed by atoms with Gasteiger partial charge in [0, 0.05) is 45.7 Å². The maximum Gasteiger partial charge on any atom is 0.161 e. The van der Waals surface area contributed by atoms with Gasteiger partial charge in [-0.15, -0.1) is 0 Å². The van der Waals surface area contributed by atoms with Gasteiger partial charge in [0.2, 0.25) is 0 Å². The van der Waals surface area contributed by atoms with Crippen molar-refractivity contribution in [2.45, 2.75) is 24.2 Å². The van der Waals surface area contributed by atoms with Crippen LogP contribution < -0.4 is 9.03 Å². The van der Waals surface area contributed by atoms with E-state index in [1.54, 1.807) is 0 Å². The molecule has 5 rings (SSSR count). The van der Waals surface area contributed by atoms with Gasteiger partial charge in [-0.1, -0.05) is 47.8 Å². The molecule has 1 aliphatic rings. The van der Waals surface area contributed by atoms with Gasteiger partial charge in [-0.25, -0.2) is 9.97 Å². The Labute approximate surface area is 212 Å². The SMILES string of the molecule is Clc1cc(N2CCCCCS2)ccc1SNc1ccc(Cl)c(-c2ncc3ccccc3n2)c1. The van der Waals surface area contributed by atoms with Crippen LogP contribution in [0.2, 0.25) is 10.0 Å². The molecule has 168 valence electrons. The highest BCUT2D eigenvalue weighted by Crippen LogP contribution is 2.36. The summed E-state index contributed by atoms with van der Waals surface area (Å²) in [5.41, 5.74) is 3.74. The average molecular weight is 514 g/mol. The predicted octanol–water partition coefficient (Wildman–Crippen LogP) is 8.36. The third kappa shape index (κ3) is 5.35. The number of nitrogens with one attached hydrogen (secondary N) is 1. The Morgan fingerprint density at radius 3 is 2.76 bits per heavy atom. The quantitative estimate of drug-likeness (QED) is 0.271. The van der Waals surface area contributed by atoms with Crippen LogP contribution in [0.15, 0.2) is 71.8 Å². The molecule has 1 fully saturated rings. The smallest absolute Gasteiger partial charge is 0.161 e. The van der Waals surface area contributed by atoms with Crippen molar-refractivity contribution in [1.82, 2.24) is 9.97 Å². The van der Waals surface area contributed by atoms with Crippen LogP contribution in [0.25, 0.3) is 22.3 Å². The molecule has 1 aromatic heterocycles. The summed E-state index contributed by atoms with van der Waals surface area (Å²) in [7, 11) is 0. The normalized spacial score (nSPS) is 14.3. The second-order valence-electron chi connectivity index (χ2n) is 7.76. The second-order valence-corrected chi connectivity index (χ2v) is 10.5. The largest absolute Gasteiger partial charge is 0.326 e.